The van der Waals surface area contributed by atoms with E-state index >= 15 is 0 Å². The van der Waals surface area contributed by atoms with Gasteiger partial charge in [0.2, 0.25) is 0 Å². The van der Waals surface area contributed by atoms with Gasteiger partial charge in [0, 0.05) is 19.1 Å². The van der Waals surface area contributed by atoms with Crippen LogP contribution in [0.3, 0.4) is 0 Å². The molecule has 1 aliphatic rings. The zero-order valence-corrected chi connectivity index (χ0v) is 13.0. The second-order valence-corrected chi connectivity index (χ2v) is 6.13. The topological polar surface area (TPSA) is 15.3 Å². The highest BCUT2D eigenvalue weighted by atomic mass is 35.5. The minimum atomic E-state index is 0.653. The smallest absolute Gasteiger partial charge is 0.0642 e. The number of halogens is 1. The third-order valence-electron chi connectivity index (χ3n) is 4.01. The molecule has 3 heteroatoms. The molecule has 0 aromatic heterocycles. The van der Waals surface area contributed by atoms with Crippen molar-refractivity contribution in [2.45, 2.75) is 39.7 Å². The molecule has 1 aliphatic heterocycles. The Morgan fingerprint density at radius 1 is 1.42 bits per heavy atom. The van der Waals surface area contributed by atoms with E-state index in [0.29, 0.717) is 12.0 Å². The average Bonchev–Trinajstić information content (AvgIpc) is 2.37. The molecular formula is C16H25ClN2. The molecule has 2 unspecified atom stereocenters. The first kappa shape index (κ1) is 14.7. The van der Waals surface area contributed by atoms with E-state index in [9.17, 15) is 0 Å². The maximum Gasteiger partial charge on any atom is 0.0642 e. The van der Waals surface area contributed by atoms with E-state index < -0.39 is 0 Å². The Morgan fingerprint density at radius 2 is 2.21 bits per heavy atom. The van der Waals surface area contributed by atoms with Crippen LogP contribution in [0.5, 0.6) is 0 Å². The number of piperidine rings is 1. The van der Waals surface area contributed by atoms with Crippen LogP contribution < -0.4 is 10.2 Å². The van der Waals surface area contributed by atoms with Crippen molar-refractivity contribution in [3.63, 3.8) is 0 Å². The van der Waals surface area contributed by atoms with Gasteiger partial charge in [-0.1, -0.05) is 31.5 Å². The van der Waals surface area contributed by atoms with Gasteiger partial charge in [-0.25, -0.2) is 0 Å². The Balaban J connectivity index is 2.01. The van der Waals surface area contributed by atoms with Crippen molar-refractivity contribution in [3.05, 3.63) is 28.8 Å². The summed E-state index contributed by atoms with van der Waals surface area (Å²) in [6.07, 6.45) is 2.40. The zero-order valence-electron chi connectivity index (χ0n) is 12.2. The first-order valence-corrected chi connectivity index (χ1v) is 7.74. The Labute approximate surface area is 122 Å². The molecule has 0 saturated carbocycles. The van der Waals surface area contributed by atoms with Crippen molar-refractivity contribution in [3.8, 4) is 0 Å². The molecule has 106 valence electrons. The molecule has 2 nitrogen and oxygen atoms in total. The van der Waals surface area contributed by atoms with E-state index in [0.717, 1.165) is 24.7 Å². The molecule has 0 amide bonds. The molecule has 2 rings (SSSR count). The molecule has 1 saturated heterocycles. The molecule has 1 aromatic rings. The molecule has 1 N–H and O–H groups in total. The lowest BCUT2D eigenvalue weighted by Crippen LogP contribution is -2.48. The lowest BCUT2D eigenvalue weighted by Gasteiger charge is -2.39. The SMILES string of the molecule is CCCNC1CCN(c2ccc(C)cc2Cl)CC1C. The number of rotatable bonds is 4. The Hall–Kier alpha value is -0.730. The van der Waals surface area contributed by atoms with Gasteiger partial charge in [-0.2, -0.15) is 0 Å². The van der Waals surface area contributed by atoms with Crippen molar-refractivity contribution in [1.82, 2.24) is 5.32 Å². The van der Waals surface area contributed by atoms with E-state index in [4.69, 9.17) is 11.6 Å². The highest BCUT2D eigenvalue weighted by Gasteiger charge is 2.26. The maximum atomic E-state index is 6.37. The van der Waals surface area contributed by atoms with Crippen LogP contribution in [0, 0.1) is 12.8 Å². The van der Waals surface area contributed by atoms with Gasteiger partial charge < -0.3 is 10.2 Å². The number of nitrogens with zero attached hydrogens (tertiary/aromatic N) is 1. The minimum absolute atomic E-state index is 0.653. The molecule has 0 radical (unpaired) electrons. The summed E-state index contributed by atoms with van der Waals surface area (Å²) in [7, 11) is 0. The maximum absolute atomic E-state index is 6.37. The highest BCUT2D eigenvalue weighted by molar-refractivity contribution is 6.33. The Bertz CT molecular complexity index is 419. The van der Waals surface area contributed by atoms with E-state index in [1.54, 1.807) is 0 Å². The van der Waals surface area contributed by atoms with Crippen LogP contribution in [0.2, 0.25) is 5.02 Å². The van der Waals surface area contributed by atoms with Crippen LogP contribution in [-0.2, 0) is 0 Å². The van der Waals surface area contributed by atoms with Gasteiger partial charge in [0.1, 0.15) is 0 Å². The van der Waals surface area contributed by atoms with Crippen LogP contribution in [0.1, 0.15) is 32.3 Å². The fourth-order valence-electron chi connectivity index (χ4n) is 2.87. The second-order valence-electron chi connectivity index (χ2n) is 5.73. The normalized spacial score (nSPS) is 23.7. The Kier molecular flexibility index (Phi) is 5.12. The van der Waals surface area contributed by atoms with Gasteiger partial charge >= 0.3 is 0 Å². The lowest BCUT2D eigenvalue weighted by atomic mass is 9.93. The summed E-state index contributed by atoms with van der Waals surface area (Å²) in [5.41, 5.74) is 2.41. The first-order chi connectivity index (χ1) is 9.11. The van der Waals surface area contributed by atoms with Crippen LogP contribution in [0.25, 0.3) is 0 Å². The van der Waals surface area contributed by atoms with Gasteiger partial charge in [-0.05, 0) is 49.9 Å². The molecule has 1 aromatic carbocycles. The van der Waals surface area contributed by atoms with Crippen molar-refractivity contribution >= 4 is 17.3 Å². The molecular weight excluding hydrogens is 256 g/mol. The number of anilines is 1. The summed E-state index contributed by atoms with van der Waals surface area (Å²) in [6, 6.07) is 7.01. The van der Waals surface area contributed by atoms with Crippen molar-refractivity contribution in [2.75, 3.05) is 24.5 Å². The van der Waals surface area contributed by atoms with Crippen molar-refractivity contribution in [2.24, 2.45) is 5.92 Å². The summed E-state index contributed by atoms with van der Waals surface area (Å²) in [5.74, 6) is 0.665. The second kappa shape index (κ2) is 6.62. The fourth-order valence-corrected chi connectivity index (χ4v) is 3.22. The molecule has 0 spiro atoms. The van der Waals surface area contributed by atoms with Crippen LogP contribution in [0.15, 0.2) is 18.2 Å². The quantitative estimate of drug-likeness (QED) is 0.901. The van der Waals surface area contributed by atoms with Crippen molar-refractivity contribution in [1.29, 1.82) is 0 Å². The van der Waals surface area contributed by atoms with Gasteiger partial charge in [0.15, 0.2) is 0 Å². The zero-order chi connectivity index (χ0) is 13.8. The van der Waals surface area contributed by atoms with Gasteiger partial charge in [-0.15, -0.1) is 0 Å². The summed E-state index contributed by atoms with van der Waals surface area (Å²) in [5, 5.41) is 4.54. The summed E-state index contributed by atoms with van der Waals surface area (Å²) >= 11 is 6.37. The minimum Gasteiger partial charge on any atom is -0.370 e. The summed E-state index contributed by atoms with van der Waals surface area (Å²) in [6.45, 7) is 9.94. The number of nitrogens with one attached hydrogen (secondary N) is 1. The molecule has 1 fully saturated rings. The largest absolute Gasteiger partial charge is 0.370 e. The number of benzene rings is 1. The van der Waals surface area contributed by atoms with Gasteiger partial charge in [-0.3, -0.25) is 0 Å². The molecule has 0 bridgehead atoms. The van der Waals surface area contributed by atoms with E-state index in [1.807, 2.05) is 0 Å². The summed E-state index contributed by atoms with van der Waals surface area (Å²) in [4.78, 5) is 2.43. The molecule has 2 atom stereocenters. The van der Waals surface area contributed by atoms with Crippen molar-refractivity contribution < 1.29 is 0 Å². The molecule has 1 heterocycles. The first-order valence-electron chi connectivity index (χ1n) is 7.36. The molecule has 19 heavy (non-hydrogen) atoms. The lowest BCUT2D eigenvalue weighted by molar-refractivity contribution is 0.322. The van der Waals surface area contributed by atoms with E-state index in [1.165, 1.54) is 24.1 Å². The molecule has 0 aliphatic carbocycles. The van der Waals surface area contributed by atoms with E-state index in [2.05, 4.69) is 49.2 Å². The van der Waals surface area contributed by atoms with Crippen LogP contribution in [0.4, 0.5) is 5.69 Å². The third-order valence-corrected chi connectivity index (χ3v) is 4.31. The number of hydrogen-bond acceptors (Lipinski definition) is 2. The summed E-state index contributed by atoms with van der Waals surface area (Å²) < 4.78 is 0. The van der Waals surface area contributed by atoms with Gasteiger partial charge in [0.05, 0.1) is 10.7 Å². The standard InChI is InChI=1S/C16H25ClN2/c1-4-8-18-15-7-9-19(11-13(15)3)16-6-5-12(2)10-14(16)17/h5-6,10,13,15,18H,4,7-9,11H2,1-3H3. The monoisotopic (exact) mass is 280 g/mol. The number of hydrogen-bond donors (Lipinski definition) is 1. The predicted molar refractivity (Wildman–Crippen MR) is 84.3 cm³/mol. The highest BCUT2D eigenvalue weighted by Crippen LogP contribution is 2.30. The Morgan fingerprint density at radius 3 is 2.84 bits per heavy atom. The average molecular weight is 281 g/mol. The number of aryl methyl sites for hydroxylation is 1. The van der Waals surface area contributed by atoms with Crippen LogP contribution in [-0.4, -0.2) is 25.7 Å². The third kappa shape index (κ3) is 3.64. The van der Waals surface area contributed by atoms with E-state index in [-0.39, 0.29) is 0 Å². The predicted octanol–water partition coefficient (Wildman–Crippen LogP) is 3.86. The van der Waals surface area contributed by atoms with Crippen LogP contribution >= 0.6 is 11.6 Å². The van der Waals surface area contributed by atoms with Gasteiger partial charge in [0.25, 0.3) is 0 Å². The fraction of sp³-hybridized carbons (Fsp3) is 0.625.